The summed E-state index contributed by atoms with van der Waals surface area (Å²) in [6.07, 6.45) is 1.52. The fourth-order valence-corrected chi connectivity index (χ4v) is 1.90. The molecule has 0 aliphatic rings. The smallest absolute Gasteiger partial charge is 0.338 e. The van der Waals surface area contributed by atoms with Gasteiger partial charge in [-0.3, -0.25) is 0 Å². The van der Waals surface area contributed by atoms with Gasteiger partial charge in [-0.15, -0.1) is 0 Å². The molecule has 2 rings (SSSR count). The van der Waals surface area contributed by atoms with Crippen molar-refractivity contribution in [1.82, 2.24) is 0 Å². The molecule has 3 nitrogen and oxygen atoms in total. The van der Waals surface area contributed by atoms with Crippen molar-refractivity contribution >= 4 is 17.6 Å². The summed E-state index contributed by atoms with van der Waals surface area (Å²) in [5.41, 5.74) is 1.33. The van der Waals surface area contributed by atoms with Gasteiger partial charge in [0.15, 0.2) is 0 Å². The van der Waals surface area contributed by atoms with Crippen LogP contribution in [-0.2, 0) is 11.3 Å². The highest BCUT2D eigenvalue weighted by Crippen LogP contribution is 2.19. The summed E-state index contributed by atoms with van der Waals surface area (Å²) in [5, 5.41) is 0.652. The topological polar surface area (TPSA) is 35.5 Å². The normalized spacial score (nSPS) is 9.95. The summed E-state index contributed by atoms with van der Waals surface area (Å²) in [4.78, 5) is 11.7. The van der Waals surface area contributed by atoms with E-state index in [1.165, 1.54) is 6.08 Å². The van der Waals surface area contributed by atoms with Crippen LogP contribution in [0.4, 0.5) is 0 Å². The Morgan fingerprint density at radius 1 is 1.19 bits per heavy atom. The first-order valence-electron chi connectivity index (χ1n) is 6.45. The molecule has 4 heteroatoms. The molecule has 0 radical (unpaired) electrons. The average Bonchev–Trinajstić information content (AvgIpc) is 2.52. The Labute approximate surface area is 128 Å². The van der Waals surface area contributed by atoms with Gasteiger partial charge in [0.25, 0.3) is 0 Å². The molecule has 2 aromatic carbocycles. The number of esters is 1. The number of carbonyl (C=O) groups is 1. The molecule has 0 spiro atoms. The monoisotopic (exact) mass is 302 g/mol. The summed E-state index contributed by atoms with van der Waals surface area (Å²) >= 11 is 6.07. The summed E-state index contributed by atoms with van der Waals surface area (Å²) < 4.78 is 10.6. The highest BCUT2D eigenvalue weighted by atomic mass is 35.5. The molecule has 0 aromatic heterocycles. The lowest BCUT2D eigenvalue weighted by Crippen LogP contribution is -2.05. The Kier molecular flexibility index (Phi) is 5.41. The average molecular weight is 303 g/mol. The van der Waals surface area contributed by atoms with Crippen molar-refractivity contribution in [1.29, 1.82) is 0 Å². The van der Waals surface area contributed by atoms with E-state index < -0.39 is 5.97 Å². The number of hydrogen-bond acceptors (Lipinski definition) is 3. The molecule has 0 saturated carbocycles. The van der Waals surface area contributed by atoms with Crippen molar-refractivity contribution in [3.63, 3.8) is 0 Å². The van der Waals surface area contributed by atoms with E-state index in [0.717, 1.165) is 5.56 Å². The minimum atomic E-state index is -0.405. The molecule has 0 aliphatic carbocycles. The third kappa shape index (κ3) is 4.36. The molecule has 0 aliphatic heterocycles. The molecule has 0 atom stereocenters. The van der Waals surface area contributed by atoms with E-state index >= 15 is 0 Å². The van der Waals surface area contributed by atoms with E-state index in [1.807, 2.05) is 24.3 Å². The Hall–Kier alpha value is -2.26. The van der Waals surface area contributed by atoms with Crippen molar-refractivity contribution in [2.75, 3.05) is 6.61 Å². The maximum Gasteiger partial charge on any atom is 0.338 e. The minimum absolute atomic E-state index is 0.184. The molecule has 0 bridgehead atoms. The standard InChI is InChI=1S/C17H15ClO3/c1-2-10-20-17(19)13-7-5-8-15(11-13)21-12-14-6-3-4-9-16(14)18/h2-9,11H,1,10,12H2. The molecule has 0 unspecified atom stereocenters. The second-order valence-electron chi connectivity index (χ2n) is 4.30. The van der Waals surface area contributed by atoms with E-state index in [9.17, 15) is 4.79 Å². The molecule has 21 heavy (non-hydrogen) atoms. The van der Waals surface area contributed by atoms with Gasteiger partial charge < -0.3 is 9.47 Å². The van der Waals surface area contributed by atoms with Gasteiger partial charge in [-0.25, -0.2) is 4.79 Å². The lowest BCUT2D eigenvalue weighted by Gasteiger charge is -2.09. The van der Waals surface area contributed by atoms with Gasteiger partial charge >= 0.3 is 5.97 Å². The van der Waals surface area contributed by atoms with Gasteiger partial charge in [0, 0.05) is 10.6 Å². The lowest BCUT2D eigenvalue weighted by atomic mass is 10.2. The summed E-state index contributed by atoms with van der Waals surface area (Å²) in [7, 11) is 0. The summed E-state index contributed by atoms with van der Waals surface area (Å²) in [5.74, 6) is 0.182. The van der Waals surface area contributed by atoms with Gasteiger partial charge in [0.05, 0.1) is 5.56 Å². The SMILES string of the molecule is C=CCOC(=O)c1cccc(OCc2ccccc2Cl)c1. The maximum atomic E-state index is 11.7. The van der Waals surface area contributed by atoms with E-state index in [1.54, 1.807) is 24.3 Å². The van der Waals surface area contributed by atoms with Crippen LogP contribution in [0.2, 0.25) is 5.02 Å². The first-order valence-corrected chi connectivity index (χ1v) is 6.83. The summed E-state index contributed by atoms with van der Waals surface area (Å²) in [6, 6.07) is 14.3. The van der Waals surface area contributed by atoms with Crippen LogP contribution in [0.5, 0.6) is 5.75 Å². The van der Waals surface area contributed by atoms with Gasteiger partial charge in [-0.05, 0) is 24.3 Å². The fourth-order valence-electron chi connectivity index (χ4n) is 1.71. The highest BCUT2D eigenvalue weighted by molar-refractivity contribution is 6.31. The number of carbonyl (C=O) groups excluding carboxylic acids is 1. The van der Waals surface area contributed by atoms with Crippen molar-refractivity contribution in [3.05, 3.63) is 77.3 Å². The third-order valence-electron chi connectivity index (χ3n) is 2.75. The summed E-state index contributed by atoms with van der Waals surface area (Å²) in [6.45, 7) is 4.02. The molecule has 2 aromatic rings. The van der Waals surface area contributed by atoms with Crippen molar-refractivity contribution < 1.29 is 14.3 Å². The largest absolute Gasteiger partial charge is 0.489 e. The second kappa shape index (κ2) is 7.50. The fraction of sp³-hybridized carbons (Fsp3) is 0.118. The molecule has 0 amide bonds. The van der Waals surface area contributed by atoms with Gasteiger partial charge in [-0.1, -0.05) is 48.5 Å². The predicted molar refractivity (Wildman–Crippen MR) is 82.7 cm³/mol. The minimum Gasteiger partial charge on any atom is -0.489 e. The number of rotatable bonds is 6. The van der Waals surface area contributed by atoms with Gasteiger partial charge in [-0.2, -0.15) is 0 Å². The number of halogens is 1. The van der Waals surface area contributed by atoms with Crippen molar-refractivity contribution in [3.8, 4) is 5.75 Å². The van der Waals surface area contributed by atoms with Crippen LogP contribution in [0.1, 0.15) is 15.9 Å². The third-order valence-corrected chi connectivity index (χ3v) is 3.12. The zero-order valence-corrected chi connectivity index (χ0v) is 12.2. The quantitative estimate of drug-likeness (QED) is 0.591. The highest BCUT2D eigenvalue weighted by Gasteiger charge is 2.08. The molecule has 0 N–H and O–H groups in total. The number of hydrogen-bond donors (Lipinski definition) is 0. The first-order chi connectivity index (χ1) is 10.2. The van der Waals surface area contributed by atoms with Crippen molar-refractivity contribution in [2.24, 2.45) is 0 Å². The molecule has 0 fully saturated rings. The predicted octanol–water partition coefficient (Wildman–Crippen LogP) is 4.26. The number of benzene rings is 2. The van der Waals surface area contributed by atoms with Crippen LogP contribution in [0.15, 0.2) is 61.2 Å². The van der Waals surface area contributed by atoms with Crippen LogP contribution in [-0.4, -0.2) is 12.6 Å². The molecule has 0 saturated heterocycles. The van der Waals surface area contributed by atoms with Crippen LogP contribution < -0.4 is 4.74 Å². The Balaban J connectivity index is 2.03. The van der Waals surface area contributed by atoms with E-state index in [2.05, 4.69) is 6.58 Å². The van der Waals surface area contributed by atoms with Crippen LogP contribution in [0.3, 0.4) is 0 Å². The lowest BCUT2D eigenvalue weighted by molar-refractivity contribution is 0.0549. The zero-order valence-electron chi connectivity index (χ0n) is 11.4. The number of ether oxygens (including phenoxy) is 2. The van der Waals surface area contributed by atoms with Gasteiger partial charge in [0.2, 0.25) is 0 Å². The van der Waals surface area contributed by atoms with Crippen LogP contribution in [0, 0.1) is 0 Å². The Morgan fingerprint density at radius 3 is 2.76 bits per heavy atom. The van der Waals surface area contributed by atoms with Gasteiger partial charge in [0.1, 0.15) is 19.0 Å². The van der Waals surface area contributed by atoms with Crippen LogP contribution in [0.25, 0.3) is 0 Å². The maximum absolute atomic E-state index is 11.7. The van der Waals surface area contributed by atoms with Crippen molar-refractivity contribution in [2.45, 2.75) is 6.61 Å². The van der Waals surface area contributed by atoms with E-state index in [0.29, 0.717) is 22.9 Å². The first kappa shape index (κ1) is 15.1. The Bertz CT molecular complexity index is 637. The zero-order chi connectivity index (χ0) is 15.1. The van der Waals surface area contributed by atoms with Crippen LogP contribution >= 0.6 is 11.6 Å². The van der Waals surface area contributed by atoms with E-state index in [4.69, 9.17) is 21.1 Å². The molecule has 108 valence electrons. The molecular formula is C17H15ClO3. The molecule has 0 heterocycles. The van der Waals surface area contributed by atoms with E-state index in [-0.39, 0.29) is 6.61 Å². The molecular weight excluding hydrogens is 288 g/mol. The Morgan fingerprint density at radius 2 is 2.00 bits per heavy atom. The second-order valence-corrected chi connectivity index (χ2v) is 4.70.